The van der Waals surface area contributed by atoms with Crippen molar-refractivity contribution in [1.82, 2.24) is 14.8 Å². The van der Waals surface area contributed by atoms with E-state index in [1.54, 1.807) is 6.07 Å². The summed E-state index contributed by atoms with van der Waals surface area (Å²) in [7, 11) is 0. The number of nitrogens with one attached hydrogen (secondary N) is 1. The lowest BCUT2D eigenvalue weighted by Gasteiger charge is -2.08. The Labute approximate surface area is 112 Å². The molecule has 1 N–H and O–H groups in total. The molecule has 6 heteroatoms. The van der Waals surface area contributed by atoms with Crippen LogP contribution < -0.4 is 5.32 Å². The molecule has 0 saturated carbocycles. The van der Waals surface area contributed by atoms with E-state index in [0.29, 0.717) is 6.54 Å². The molecule has 0 aliphatic carbocycles. The normalized spacial score (nSPS) is 10.5. The van der Waals surface area contributed by atoms with Crippen LogP contribution >= 0.6 is 22.6 Å². The average Bonchev–Trinajstić information content (AvgIpc) is 2.75. The Hall–Kier alpha value is -1.18. The molecule has 2 rings (SSSR count). The van der Waals surface area contributed by atoms with Crippen molar-refractivity contribution in [3.63, 3.8) is 0 Å². The number of rotatable bonds is 4. The van der Waals surface area contributed by atoms with Crippen molar-refractivity contribution >= 4 is 28.3 Å². The van der Waals surface area contributed by atoms with E-state index in [1.165, 1.54) is 18.5 Å². The third-order valence-corrected chi connectivity index (χ3v) is 3.26. The summed E-state index contributed by atoms with van der Waals surface area (Å²) < 4.78 is 15.6. The van der Waals surface area contributed by atoms with Gasteiger partial charge in [0.1, 0.15) is 18.0 Å². The summed E-state index contributed by atoms with van der Waals surface area (Å²) in [5.41, 5.74) is 0.901. The van der Waals surface area contributed by atoms with Crippen LogP contribution in [-0.4, -0.2) is 14.8 Å². The maximum atomic E-state index is 12.9. The Morgan fingerprint density at radius 3 is 3.00 bits per heavy atom. The van der Waals surface area contributed by atoms with Gasteiger partial charge >= 0.3 is 0 Å². The van der Waals surface area contributed by atoms with Gasteiger partial charge < -0.3 is 5.32 Å². The standard InChI is InChI=1S/C11H12FIN4/c1-2-17-11(15-7-16-17)6-14-10-4-3-8(12)5-9(10)13/h3-5,7,14H,2,6H2,1H3. The number of aromatic nitrogens is 3. The predicted octanol–water partition coefficient (Wildman–Crippen LogP) is 2.65. The second kappa shape index (κ2) is 5.44. The largest absolute Gasteiger partial charge is 0.377 e. The maximum absolute atomic E-state index is 12.9. The van der Waals surface area contributed by atoms with E-state index in [9.17, 15) is 4.39 Å². The summed E-state index contributed by atoms with van der Waals surface area (Å²) in [4.78, 5) is 4.16. The fourth-order valence-electron chi connectivity index (χ4n) is 1.50. The molecule has 90 valence electrons. The van der Waals surface area contributed by atoms with Gasteiger partial charge in [-0.15, -0.1) is 0 Å². The van der Waals surface area contributed by atoms with Crippen molar-refractivity contribution in [2.24, 2.45) is 0 Å². The lowest BCUT2D eigenvalue weighted by Crippen LogP contribution is -2.09. The summed E-state index contributed by atoms with van der Waals surface area (Å²) in [6.45, 7) is 3.38. The minimum atomic E-state index is -0.225. The van der Waals surface area contributed by atoms with Gasteiger partial charge in [-0.3, -0.25) is 0 Å². The van der Waals surface area contributed by atoms with Crippen molar-refractivity contribution < 1.29 is 4.39 Å². The molecule has 0 saturated heterocycles. The zero-order valence-electron chi connectivity index (χ0n) is 9.32. The van der Waals surface area contributed by atoms with Gasteiger partial charge in [0, 0.05) is 15.8 Å². The van der Waals surface area contributed by atoms with Crippen molar-refractivity contribution in [3.05, 3.63) is 39.7 Å². The van der Waals surface area contributed by atoms with Crippen molar-refractivity contribution in [3.8, 4) is 0 Å². The maximum Gasteiger partial charge on any atom is 0.146 e. The minimum absolute atomic E-state index is 0.225. The second-order valence-corrected chi connectivity index (χ2v) is 4.63. The second-order valence-electron chi connectivity index (χ2n) is 3.47. The Morgan fingerprint density at radius 2 is 2.29 bits per heavy atom. The molecule has 0 bridgehead atoms. The molecule has 1 heterocycles. The number of aryl methyl sites for hydroxylation is 1. The average molecular weight is 346 g/mol. The molecule has 0 unspecified atom stereocenters. The van der Waals surface area contributed by atoms with Gasteiger partial charge in [-0.25, -0.2) is 14.1 Å². The van der Waals surface area contributed by atoms with E-state index in [1.807, 2.05) is 11.6 Å². The van der Waals surface area contributed by atoms with Crippen molar-refractivity contribution in [2.75, 3.05) is 5.32 Å². The van der Waals surface area contributed by atoms with E-state index in [0.717, 1.165) is 21.6 Å². The fraction of sp³-hybridized carbons (Fsp3) is 0.273. The Morgan fingerprint density at radius 1 is 1.47 bits per heavy atom. The zero-order chi connectivity index (χ0) is 12.3. The molecule has 0 radical (unpaired) electrons. The first-order chi connectivity index (χ1) is 8.20. The summed E-state index contributed by atoms with van der Waals surface area (Å²) in [5, 5.41) is 7.31. The quantitative estimate of drug-likeness (QED) is 0.866. The van der Waals surface area contributed by atoms with Crippen molar-refractivity contribution in [1.29, 1.82) is 0 Å². The highest BCUT2D eigenvalue weighted by atomic mass is 127. The monoisotopic (exact) mass is 346 g/mol. The Kier molecular flexibility index (Phi) is 3.93. The number of hydrogen-bond donors (Lipinski definition) is 1. The van der Waals surface area contributed by atoms with Crippen LogP contribution in [0.15, 0.2) is 24.5 Å². The van der Waals surface area contributed by atoms with Gasteiger partial charge in [-0.1, -0.05) is 0 Å². The van der Waals surface area contributed by atoms with Gasteiger partial charge in [0.15, 0.2) is 0 Å². The third kappa shape index (κ3) is 2.93. The first-order valence-electron chi connectivity index (χ1n) is 5.26. The van der Waals surface area contributed by atoms with Crippen LogP contribution in [0.1, 0.15) is 12.7 Å². The van der Waals surface area contributed by atoms with Crippen LogP contribution in [0.3, 0.4) is 0 Å². The van der Waals surface area contributed by atoms with Crippen LogP contribution in [0.25, 0.3) is 0 Å². The predicted molar refractivity (Wildman–Crippen MR) is 72.1 cm³/mol. The number of halogens is 2. The smallest absolute Gasteiger partial charge is 0.146 e. The molecule has 1 aromatic carbocycles. The molecule has 1 aromatic heterocycles. The van der Waals surface area contributed by atoms with Gasteiger partial charge in [-0.05, 0) is 47.7 Å². The molecule has 0 aliphatic heterocycles. The minimum Gasteiger partial charge on any atom is -0.377 e. The first kappa shape index (κ1) is 12.3. The van der Waals surface area contributed by atoms with Gasteiger partial charge in [0.25, 0.3) is 0 Å². The van der Waals surface area contributed by atoms with Crippen LogP contribution in [0, 0.1) is 9.39 Å². The molecular formula is C11H12FIN4. The fourth-order valence-corrected chi connectivity index (χ4v) is 2.16. The molecule has 17 heavy (non-hydrogen) atoms. The molecule has 4 nitrogen and oxygen atoms in total. The number of benzene rings is 1. The third-order valence-electron chi connectivity index (χ3n) is 2.36. The van der Waals surface area contributed by atoms with Gasteiger partial charge in [0.05, 0.1) is 6.54 Å². The lowest BCUT2D eigenvalue weighted by atomic mass is 10.3. The van der Waals surface area contributed by atoms with E-state index in [-0.39, 0.29) is 5.82 Å². The van der Waals surface area contributed by atoms with Crippen LogP contribution in [-0.2, 0) is 13.1 Å². The number of anilines is 1. The molecule has 0 amide bonds. The van der Waals surface area contributed by atoms with Gasteiger partial charge in [0.2, 0.25) is 0 Å². The summed E-state index contributed by atoms with van der Waals surface area (Å²) >= 11 is 2.10. The molecule has 0 aliphatic rings. The summed E-state index contributed by atoms with van der Waals surface area (Å²) in [6, 6.07) is 4.66. The van der Waals surface area contributed by atoms with Crippen LogP contribution in [0.5, 0.6) is 0 Å². The van der Waals surface area contributed by atoms with E-state index in [2.05, 4.69) is 38.0 Å². The SMILES string of the molecule is CCn1ncnc1CNc1ccc(F)cc1I. The summed E-state index contributed by atoms with van der Waals surface area (Å²) in [5.74, 6) is 0.643. The van der Waals surface area contributed by atoms with E-state index < -0.39 is 0 Å². The molecule has 2 aromatic rings. The highest BCUT2D eigenvalue weighted by Crippen LogP contribution is 2.19. The van der Waals surface area contributed by atoms with Crippen molar-refractivity contribution in [2.45, 2.75) is 20.0 Å². The zero-order valence-corrected chi connectivity index (χ0v) is 11.5. The van der Waals surface area contributed by atoms with E-state index >= 15 is 0 Å². The lowest BCUT2D eigenvalue weighted by molar-refractivity contribution is 0.621. The molecule has 0 fully saturated rings. The molecular weight excluding hydrogens is 334 g/mol. The van der Waals surface area contributed by atoms with E-state index in [4.69, 9.17) is 0 Å². The van der Waals surface area contributed by atoms with Gasteiger partial charge in [-0.2, -0.15) is 5.10 Å². The Bertz CT molecular complexity index is 512. The number of nitrogens with zero attached hydrogens (tertiary/aromatic N) is 3. The molecule has 0 spiro atoms. The van der Waals surface area contributed by atoms with Crippen LogP contribution in [0.2, 0.25) is 0 Å². The number of hydrogen-bond acceptors (Lipinski definition) is 3. The van der Waals surface area contributed by atoms with Crippen LogP contribution in [0.4, 0.5) is 10.1 Å². The topological polar surface area (TPSA) is 42.7 Å². The molecule has 0 atom stereocenters. The first-order valence-corrected chi connectivity index (χ1v) is 6.34. The Balaban J connectivity index is 2.07. The highest BCUT2D eigenvalue weighted by Gasteiger charge is 2.04. The summed E-state index contributed by atoms with van der Waals surface area (Å²) in [6.07, 6.45) is 1.54. The highest BCUT2D eigenvalue weighted by molar-refractivity contribution is 14.1.